The Balaban J connectivity index is 2.73. The van der Waals surface area contributed by atoms with Crippen LogP contribution in [0.1, 0.15) is 11.4 Å². The van der Waals surface area contributed by atoms with Crippen LogP contribution in [0.15, 0.2) is 29.1 Å². The van der Waals surface area contributed by atoms with Crippen LogP contribution in [0.4, 0.5) is 0 Å². The first-order valence-corrected chi connectivity index (χ1v) is 5.15. The number of H-pyrrole nitrogens is 1. The van der Waals surface area contributed by atoms with Gasteiger partial charge in [0.25, 0.3) is 5.56 Å². The second-order valence-corrected chi connectivity index (χ2v) is 3.91. The summed E-state index contributed by atoms with van der Waals surface area (Å²) in [5.41, 5.74) is 4.04. The van der Waals surface area contributed by atoms with E-state index in [2.05, 4.69) is 9.97 Å². The van der Waals surface area contributed by atoms with E-state index < -0.39 is 0 Å². The van der Waals surface area contributed by atoms with Gasteiger partial charge in [0.05, 0.1) is 16.7 Å². The van der Waals surface area contributed by atoms with Crippen LogP contribution in [0.5, 0.6) is 0 Å². The second kappa shape index (κ2) is 2.95. The topological polar surface area (TPSA) is 50.2 Å². The lowest BCUT2D eigenvalue weighted by Crippen LogP contribution is -2.11. The minimum absolute atomic E-state index is 0.144. The molecule has 1 N–H and O–H groups in total. The summed E-state index contributed by atoms with van der Waals surface area (Å²) < 4.78 is 1.91. The van der Waals surface area contributed by atoms with E-state index >= 15 is 0 Å². The zero-order valence-corrected chi connectivity index (χ0v) is 9.11. The fourth-order valence-electron chi connectivity index (χ4n) is 2.01. The molecule has 2 aromatic heterocycles. The average Bonchev–Trinajstić information content (AvgIpc) is 2.57. The molecule has 2 heterocycles. The smallest absolute Gasteiger partial charge is 0.292 e. The lowest BCUT2D eigenvalue weighted by Gasteiger charge is -2.02. The van der Waals surface area contributed by atoms with Crippen molar-refractivity contribution < 1.29 is 0 Å². The first kappa shape index (κ1) is 9.15. The largest absolute Gasteiger partial charge is 0.317 e. The monoisotopic (exact) mass is 213 g/mol. The van der Waals surface area contributed by atoms with Crippen molar-refractivity contribution in [3.05, 3.63) is 46.0 Å². The predicted octanol–water partition coefficient (Wildman–Crippen LogP) is 1.79. The number of para-hydroxylation sites is 2. The van der Waals surface area contributed by atoms with Gasteiger partial charge in [-0.2, -0.15) is 0 Å². The highest BCUT2D eigenvalue weighted by Crippen LogP contribution is 2.15. The molecule has 0 aliphatic rings. The van der Waals surface area contributed by atoms with Crippen molar-refractivity contribution in [2.45, 2.75) is 13.8 Å². The van der Waals surface area contributed by atoms with Crippen LogP contribution in [-0.4, -0.2) is 14.4 Å². The molecule has 0 spiro atoms. The fourth-order valence-corrected chi connectivity index (χ4v) is 2.01. The summed E-state index contributed by atoms with van der Waals surface area (Å²) in [5.74, 6) is 0. The molecule has 4 heteroatoms. The molecule has 3 aromatic rings. The van der Waals surface area contributed by atoms with Gasteiger partial charge in [0, 0.05) is 5.69 Å². The number of imidazole rings is 1. The molecule has 4 nitrogen and oxygen atoms in total. The Hall–Kier alpha value is -2.10. The number of aryl methyl sites for hydroxylation is 2. The van der Waals surface area contributed by atoms with E-state index in [4.69, 9.17) is 0 Å². The Bertz CT molecular complexity index is 752. The number of hydrogen-bond acceptors (Lipinski definition) is 2. The third kappa shape index (κ3) is 1.04. The third-order valence-corrected chi connectivity index (χ3v) is 2.94. The molecule has 16 heavy (non-hydrogen) atoms. The summed E-state index contributed by atoms with van der Waals surface area (Å²) in [6.45, 7) is 3.89. The van der Waals surface area contributed by atoms with E-state index in [-0.39, 0.29) is 5.56 Å². The lowest BCUT2D eigenvalue weighted by molar-refractivity contribution is 1.11. The molecule has 3 rings (SSSR count). The van der Waals surface area contributed by atoms with Gasteiger partial charge in [0.2, 0.25) is 5.65 Å². The van der Waals surface area contributed by atoms with Gasteiger partial charge in [-0.15, -0.1) is 0 Å². The number of aromatic amines is 1. The SMILES string of the molecule is Cc1nc2c(=O)[nH]c3ccccc3n2c1C. The Labute approximate surface area is 91.6 Å². The highest BCUT2D eigenvalue weighted by Gasteiger charge is 2.10. The zero-order chi connectivity index (χ0) is 11.3. The molecule has 80 valence electrons. The van der Waals surface area contributed by atoms with Crippen molar-refractivity contribution >= 4 is 16.7 Å². The molecule has 0 aliphatic heterocycles. The minimum atomic E-state index is -0.144. The van der Waals surface area contributed by atoms with Gasteiger partial charge < -0.3 is 4.98 Å². The second-order valence-electron chi connectivity index (χ2n) is 3.91. The summed E-state index contributed by atoms with van der Waals surface area (Å²) in [4.78, 5) is 18.9. The number of aromatic nitrogens is 3. The highest BCUT2D eigenvalue weighted by molar-refractivity contribution is 5.77. The molecule has 0 bridgehead atoms. The van der Waals surface area contributed by atoms with E-state index in [1.807, 2.05) is 42.5 Å². The molecule has 0 radical (unpaired) electrons. The van der Waals surface area contributed by atoms with Crippen molar-refractivity contribution in [1.82, 2.24) is 14.4 Å². The Morgan fingerprint density at radius 2 is 2.00 bits per heavy atom. The quantitative estimate of drug-likeness (QED) is 0.619. The summed E-state index contributed by atoms with van der Waals surface area (Å²) in [7, 11) is 0. The first-order chi connectivity index (χ1) is 7.68. The maximum absolute atomic E-state index is 11.8. The first-order valence-electron chi connectivity index (χ1n) is 5.15. The summed E-state index contributed by atoms with van der Waals surface area (Å²) >= 11 is 0. The molecule has 0 aliphatic carbocycles. The summed E-state index contributed by atoms with van der Waals surface area (Å²) in [6, 6.07) is 7.73. The Morgan fingerprint density at radius 1 is 1.25 bits per heavy atom. The average molecular weight is 213 g/mol. The van der Waals surface area contributed by atoms with Gasteiger partial charge in [0.1, 0.15) is 0 Å². The van der Waals surface area contributed by atoms with E-state index in [0.717, 1.165) is 22.4 Å². The molecule has 0 amide bonds. The molecule has 0 unspecified atom stereocenters. The van der Waals surface area contributed by atoms with Crippen LogP contribution in [0.3, 0.4) is 0 Å². The number of nitrogens with one attached hydrogen (secondary N) is 1. The molecule has 1 aromatic carbocycles. The van der Waals surface area contributed by atoms with Gasteiger partial charge in [-0.3, -0.25) is 9.20 Å². The van der Waals surface area contributed by atoms with Crippen molar-refractivity contribution in [3.8, 4) is 0 Å². The lowest BCUT2D eigenvalue weighted by atomic mass is 10.3. The molecular weight excluding hydrogens is 202 g/mol. The number of nitrogens with zero attached hydrogens (tertiary/aromatic N) is 2. The highest BCUT2D eigenvalue weighted by atomic mass is 16.1. The zero-order valence-electron chi connectivity index (χ0n) is 9.11. The standard InChI is InChI=1S/C12H11N3O/c1-7-8(2)15-10-6-4-3-5-9(10)14-12(16)11(15)13-7/h3-6H,1-2H3,(H,14,16). The predicted molar refractivity (Wildman–Crippen MR) is 62.8 cm³/mol. The minimum Gasteiger partial charge on any atom is -0.317 e. The molecule has 0 saturated carbocycles. The van der Waals surface area contributed by atoms with E-state index in [1.165, 1.54) is 0 Å². The van der Waals surface area contributed by atoms with Crippen LogP contribution >= 0.6 is 0 Å². The third-order valence-electron chi connectivity index (χ3n) is 2.94. The summed E-state index contributed by atoms with van der Waals surface area (Å²) in [6.07, 6.45) is 0. The molecule has 0 atom stereocenters. The van der Waals surface area contributed by atoms with E-state index in [1.54, 1.807) is 0 Å². The maximum atomic E-state index is 11.8. The van der Waals surface area contributed by atoms with Gasteiger partial charge in [0.15, 0.2) is 0 Å². The van der Waals surface area contributed by atoms with E-state index in [0.29, 0.717) is 5.65 Å². The van der Waals surface area contributed by atoms with Crippen molar-refractivity contribution in [2.75, 3.05) is 0 Å². The number of benzene rings is 1. The van der Waals surface area contributed by atoms with Crippen LogP contribution in [0.25, 0.3) is 16.7 Å². The number of rotatable bonds is 0. The van der Waals surface area contributed by atoms with Crippen molar-refractivity contribution in [1.29, 1.82) is 0 Å². The molecule has 0 saturated heterocycles. The Kier molecular flexibility index (Phi) is 1.68. The van der Waals surface area contributed by atoms with Crippen molar-refractivity contribution in [3.63, 3.8) is 0 Å². The maximum Gasteiger partial charge on any atom is 0.292 e. The summed E-state index contributed by atoms with van der Waals surface area (Å²) in [5, 5.41) is 0. The van der Waals surface area contributed by atoms with Gasteiger partial charge in [-0.1, -0.05) is 12.1 Å². The fraction of sp³-hybridized carbons (Fsp3) is 0.167. The Morgan fingerprint density at radius 3 is 2.81 bits per heavy atom. The molecule has 0 fully saturated rings. The van der Waals surface area contributed by atoms with Crippen molar-refractivity contribution in [2.24, 2.45) is 0 Å². The van der Waals surface area contributed by atoms with Gasteiger partial charge >= 0.3 is 0 Å². The van der Waals surface area contributed by atoms with Crippen LogP contribution in [-0.2, 0) is 0 Å². The normalized spacial score (nSPS) is 11.4. The number of hydrogen-bond donors (Lipinski definition) is 1. The van der Waals surface area contributed by atoms with Crippen LogP contribution < -0.4 is 5.56 Å². The molecular formula is C12H11N3O. The van der Waals surface area contributed by atoms with E-state index in [9.17, 15) is 4.79 Å². The van der Waals surface area contributed by atoms with Gasteiger partial charge in [-0.25, -0.2) is 4.98 Å². The van der Waals surface area contributed by atoms with Gasteiger partial charge in [-0.05, 0) is 26.0 Å². The van der Waals surface area contributed by atoms with Crippen LogP contribution in [0.2, 0.25) is 0 Å². The number of fused-ring (bicyclic) bond motifs is 3. The van der Waals surface area contributed by atoms with Crippen LogP contribution in [0, 0.1) is 13.8 Å².